The second-order valence-corrected chi connectivity index (χ2v) is 4.87. The monoisotopic (exact) mass is 282 g/mol. The van der Waals surface area contributed by atoms with E-state index in [-0.39, 0.29) is 11.4 Å². The minimum atomic E-state index is -1.11. The van der Waals surface area contributed by atoms with Crippen LogP contribution in [0.5, 0.6) is 0 Å². The molecule has 0 aliphatic carbocycles. The fraction of sp³-hybridized carbons (Fsp3) is 0.462. The van der Waals surface area contributed by atoms with Gasteiger partial charge in [0.15, 0.2) is 0 Å². The molecule has 108 valence electrons. The Labute approximate surface area is 115 Å². The molecule has 1 aromatic rings. The first-order valence-electron chi connectivity index (χ1n) is 6.37. The Morgan fingerprint density at radius 1 is 1.55 bits per heavy atom. The first kappa shape index (κ1) is 14.2. The first-order chi connectivity index (χ1) is 9.40. The number of carboxylic acids is 1. The van der Waals surface area contributed by atoms with Gasteiger partial charge < -0.3 is 10.0 Å². The van der Waals surface area contributed by atoms with Crippen molar-refractivity contribution in [3.63, 3.8) is 0 Å². The van der Waals surface area contributed by atoms with Gasteiger partial charge in [0, 0.05) is 18.3 Å². The van der Waals surface area contributed by atoms with E-state index in [1.54, 1.807) is 11.8 Å². The third-order valence-electron chi connectivity index (χ3n) is 3.86. The predicted molar refractivity (Wildman–Crippen MR) is 70.3 cm³/mol. The lowest BCUT2D eigenvalue weighted by Gasteiger charge is -2.35. The standard InChI is InChI=1S/C13H15FN2O4/c1-2-13(12(17)18)4-3-5-15(13)10-6-9(14)7-11(8-10)16(19)20/h6-8H,2-5H2,1H3,(H,17,18). The van der Waals surface area contributed by atoms with Crippen LogP contribution in [0.1, 0.15) is 26.2 Å². The number of halogens is 1. The number of nitro groups is 1. The van der Waals surface area contributed by atoms with Crippen molar-refractivity contribution in [2.45, 2.75) is 31.7 Å². The summed E-state index contributed by atoms with van der Waals surface area (Å²) in [4.78, 5) is 23.2. The van der Waals surface area contributed by atoms with Gasteiger partial charge in [-0.1, -0.05) is 6.92 Å². The highest BCUT2D eigenvalue weighted by Gasteiger charge is 2.46. The van der Waals surface area contributed by atoms with E-state index < -0.39 is 22.2 Å². The second kappa shape index (κ2) is 5.07. The largest absolute Gasteiger partial charge is 0.479 e. The van der Waals surface area contributed by atoms with Crippen molar-refractivity contribution < 1.29 is 19.2 Å². The topological polar surface area (TPSA) is 83.7 Å². The Balaban J connectivity index is 2.50. The highest BCUT2D eigenvalue weighted by Crippen LogP contribution is 2.38. The number of rotatable bonds is 4. The number of anilines is 1. The molecule has 1 aliphatic heterocycles. The number of nitro benzene ring substituents is 1. The smallest absolute Gasteiger partial charge is 0.329 e. The van der Waals surface area contributed by atoms with Crippen molar-refractivity contribution in [2.24, 2.45) is 0 Å². The molecule has 0 saturated carbocycles. The van der Waals surface area contributed by atoms with E-state index >= 15 is 0 Å². The maximum absolute atomic E-state index is 13.5. The van der Waals surface area contributed by atoms with Gasteiger partial charge in [-0.25, -0.2) is 9.18 Å². The minimum absolute atomic E-state index is 0.249. The number of benzene rings is 1. The van der Waals surface area contributed by atoms with Crippen LogP contribution in [0.15, 0.2) is 18.2 Å². The Hall–Kier alpha value is -2.18. The van der Waals surface area contributed by atoms with Crippen LogP contribution in [0, 0.1) is 15.9 Å². The molecule has 0 spiro atoms. The summed E-state index contributed by atoms with van der Waals surface area (Å²) >= 11 is 0. The van der Waals surface area contributed by atoms with Crippen LogP contribution in [0.2, 0.25) is 0 Å². The second-order valence-electron chi connectivity index (χ2n) is 4.87. The molecule has 6 nitrogen and oxygen atoms in total. The van der Waals surface area contributed by atoms with Crippen LogP contribution in [0.25, 0.3) is 0 Å². The highest BCUT2D eigenvalue weighted by molar-refractivity contribution is 5.84. The molecule has 1 fully saturated rings. The maximum Gasteiger partial charge on any atom is 0.329 e. The first-order valence-corrected chi connectivity index (χ1v) is 6.37. The van der Waals surface area contributed by atoms with E-state index in [1.165, 1.54) is 6.07 Å². The van der Waals surface area contributed by atoms with Gasteiger partial charge in [0.05, 0.1) is 11.0 Å². The molecule has 1 aliphatic rings. The Kier molecular flexibility index (Phi) is 3.61. The van der Waals surface area contributed by atoms with Crippen molar-refractivity contribution in [3.05, 3.63) is 34.1 Å². The molecule has 0 aromatic heterocycles. The molecule has 1 aromatic carbocycles. The molecule has 1 atom stereocenters. The van der Waals surface area contributed by atoms with Gasteiger partial charge in [-0.05, 0) is 25.3 Å². The lowest BCUT2D eigenvalue weighted by Crippen LogP contribution is -2.50. The molecule has 1 heterocycles. The summed E-state index contributed by atoms with van der Waals surface area (Å²) in [5.74, 6) is -1.72. The van der Waals surface area contributed by atoms with Gasteiger partial charge in [0.2, 0.25) is 0 Å². The number of nitrogens with zero attached hydrogens (tertiary/aromatic N) is 2. The van der Waals surface area contributed by atoms with Gasteiger partial charge in [-0.2, -0.15) is 0 Å². The average Bonchev–Trinajstić information content (AvgIpc) is 2.82. The quantitative estimate of drug-likeness (QED) is 0.677. The Bertz CT molecular complexity index is 563. The summed E-state index contributed by atoms with van der Waals surface area (Å²) in [5.41, 5.74) is -1.23. The SMILES string of the molecule is CCC1(C(=O)O)CCCN1c1cc(F)cc([N+](=O)[O-])c1. The number of non-ortho nitro benzene ring substituents is 1. The number of hydrogen-bond acceptors (Lipinski definition) is 4. The van der Waals surface area contributed by atoms with Crippen LogP contribution in [0.3, 0.4) is 0 Å². The highest BCUT2D eigenvalue weighted by atomic mass is 19.1. The molecule has 1 unspecified atom stereocenters. The molecule has 2 rings (SSSR count). The number of hydrogen-bond donors (Lipinski definition) is 1. The molecular weight excluding hydrogens is 267 g/mol. The fourth-order valence-electron chi connectivity index (χ4n) is 2.82. The van der Waals surface area contributed by atoms with Gasteiger partial charge in [0.1, 0.15) is 11.4 Å². The Morgan fingerprint density at radius 2 is 2.25 bits per heavy atom. The van der Waals surface area contributed by atoms with E-state index in [0.717, 1.165) is 12.1 Å². The van der Waals surface area contributed by atoms with Gasteiger partial charge in [0.25, 0.3) is 5.69 Å². The summed E-state index contributed by atoms with van der Waals surface area (Å²) in [6, 6.07) is 3.20. The maximum atomic E-state index is 13.5. The molecule has 1 saturated heterocycles. The number of aliphatic carboxylic acids is 1. The van der Waals surface area contributed by atoms with Crippen molar-refractivity contribution in [2.75, 3.05) is 11.4 Å². The van der Waals surface area contributed by atoms with Gasteiger partial charge in [-0.15, -0.1) is 0 Å². The van der Waals surface area contributed by atoms with Crippen LogP contribution >= 0.6 is 0 Å². The van der Waals surface area contributed by atoms with Crippen molar-refractivity contribution >= 4 is 17.3 Å². The average molecular weight is 282 g/mol. The van der Waals surface area contributed by atoms with Crippen molar-refractivity contribution in [1.29, 1.82) is 0 Å². The summed E-state index contributed by atoms with van der Waals surface area (Å²) in [7, 11) is 0. The molecular formula is C13H15FN2O4. The zero-order chi connectivity index (χ0) is 14.9. The van der Waals surface area contributed by atoms with Crippen LogP contribution in [0.4, 0.5) is 15.8 Å². The summed E-state index contributed by atoms with van der Waals surface area (Å²) in [6.45, 7) is 2.20. The van der Waals surface area contributed by atoms with E-state index in [0.29, 0.717) is 25.8 Å². The summed E-state index contributed by atoms with van der Waals surface area (Å²) in [6.07, 6.45) is 1.46. The number of carboxylic acid groups (broad SMARTS) is 1. The van der Waals surface area contributed by atoms with Crippen LogP contribution < -0.4 is 4.90 Å². The molecule has 1 N–H and O–H groups in total. The van der Waals surface area contributed by atoms with Crippen LogP contribution in [-0.4, -0.2) is 28.1 Å². The zero-order valence-corrected chi connectivity index (χ0v) is 11.0. The zero-order valence-electron chi connectivity index (χ0n) is 11.0. The van der Waals surface area contributed by atoms with E-state index in [4.69, 9.17) is 0 Å². The van der Waals surface area contributed by atoms with E-state index in [2.05, 4.69) is 0 Å². The van der Waals surface area contributed by atoms with Gasteiger partial charge in [-0.3, -0.25) is 10.1 Å². The normalized spacial score (nSPS) is 22.0. The third kappa shape index (κ3) is 2.19. The third-order valence-corrected chi connectivity index (χ3v) is 3.86. The lowest BCUT2D eigenvalue weighted by atomic mass is 9.92. The Morgan fingerprint density at radius 3 is 2.80 bits per heavy atom. The molecule has 0 amide bonds. The van der Waals surface area contributed by atoms with Gasteiger partial charge >= 0.3 is 5.97 Å². The number of carbonyl (C=O) groups is 1. The van der Waals surface area contributed by atoms with Crippen molar-refractivity contribution in [1.82, 2.24) is 0 Å². The molecule has 7 heteroatoms. The van der Waals surface area contributed by atoms with Crippen molar-refractivity contribution in [3.8, 4) is 0 Å². The predicted octanol–water partition coefficient (Wildman–Crippen LogP) is 2.57. The molecule has 0 bridgehead atoms. The summed E-state index contributed by atoms with van der Waals surface area (Å²) in [5, 5.41) is 20.3. The van der Waals surface area contributed by atoms with E-state index in [9.17, 15) is 24.4 Å². The lowest BCUT2D eigenvalue weighted by molar-refractivity contribution is -0.385. The van der Waals surface area contributed by atoms with E-state index in [1.807, 2.05) is 0 Å². The minimum Gasteiger partial charge on any atom is -0.479 e. The molecule has 20 heavy (non-hydrogen) atoms. The fourth-order valence-corrected chi connectivity index (χ4v) is 2.82. The molecule has 0 radical (unpaired) electrons. The summed E-state index contributed by atoms with van der Waals surface area (Å²) < 4.78 is 13.5. The van der Waals surface area contributed by atoms with Crippen LogP contribution in [-0.2, 0) is 4.79 Å².